The molecule has 1 aromatic heterocycles. The molecule has 7 heteroatoms. The summed E-state index contributed by atoms with van der Waals surface area (Å²) in [6.07, 6.45) is 8.33. The van der Waals surface area contributed by atoms with Crippen LogP contribution >= 0.6 is 0 Å². The summed E-state index contributed by atoms with van der Waals surface area (Å²) in [5.41, 5.74) is -0.474. The second-order valence-corrected chi connectivity index (χ2v) is 5.37. The van der Waals surface area contributed by atoms with Crippen molar-refractivity contribution in [1.82, 2.24) is 4.98 Å². The Morgan fingerprint density at radius 2 is 2.14 bits per heavy atom. The zero-order chi connectivity index (χ0) is 15.2. The lowest BCUT2D eigenvalue weighted by molar-refractivity contribution is -0.385. The minimum Gasteiger partial charge on any atom is -0.478 e. The molecule has 114 valence electrons. The van der Waals surface area contributed by atoms with E-state index in [4.69, 9.17) is 5.11 Å². The van der Waals surface area contributed by atoms with E-state index in [1.165, 1.54) is 32.1 Å². The van der Waals surface area contributed by atoms with Gasteiger partial charge in [-0.05, 0) is 12.3 Å². The first kappa shape index (κ1) is 15.2. The van der Waals surface area contributed by atoms with E-state index in [2.05, 4.69) is 10.3 Å². The zero-order valence-electron chi connectivity index (χ0n) is 11.7. The number of rotatable bonds is 6. The van der Waals surface area contributed by atoms with Crippen LogP contribution in [0.1, 0.15) is 48.9 Å². The molecule has 1 aliphatic carbocycles. The van der Waals surface area contributed by atoms with Crippen LogP contribution in [0.15, 0.2) is 12.3 Å². The summed E-state index contributed by atoms with van der Waals surface area (Å²) in [6, 6.07) is 1.04. The summed E-state index contributed by atoms with van der Waals surface area (Å²) in [5, 5.41) is 22.8. The van der Waals surface area contributed by atoms with E-state index in [-0.39, 0.29) is 17.1 Å². The number of nitrogens with one attached hydrogen (secondary N) is 1. The highest BCUT2D eigenvalue weighted by Crippen LogP contribution is 2.26. The molecule has 7 nitrogen and oxygen atoms in total. The maximum Gasteiger partial charge on any atom is 0.339 e. The number of hydrogen-bond acceptors (Lipinski definition) is 5. The first-order valence-electron chi connectivity index (χ1n) is 7.19. The average molecular weight is 293 g/mol. The van der Waals surface area contributed by atoms with Crippen LogP contribution in [0.25, 0.3) is 0 Å². The number of nitrogens with zero attached hydrogens (tertiary/aromatic N) is 2. The summed E-state index contributed by atoms with van der Waals surface area (Å²) >= 11 is 0. The van der Waals surface area contributed by atoms with E-state index in [9.17, 15) is 14.9 Å². The molecule has 0 saturated heterocycles. The SMILES string of the molecule is O=C(O)c1cc([N+](=O)[O-])cnc1NCCC1CCCCC1. The predicted molar refractivity (Wildman–Crippen MR) is 77.5 cm³/mol. The molecule has 1 saturated carbocycles. The van der Waals surface area contributed by atoms with Crippen molar-refractivity contribution >= 4 is 17.5 Å². The fraction of sp³-hybridized carbons (Fsp3) is 0.571. The van der Waals surface area contributed by atoms with Gasteiger partial charge in [0.1, 0.15) is 17.6 Å². The predicted octanol–water partition coefficient (Wildman–Crippen LogP) is 3.07. The molecule has 0 unspecified atom stereocenters. The summed E-state index contributed by atoms with van der Waals surface area (Å²) in [5.74, 6) is -0.340. The van der Waals surface area contributed by atoms with Gasteiger partial charge in [0.05, 0.1) is 4.92 Å². The van der Waals surface area contributed by atoms with Crippen molar-refractivity contribution in [2.45, 2.75) is 38.5 Å². The van der Waals surface area contributed by atoms with Gasteiger partial charge in [-0.2, -0.15) is 0 Å². The quantitative estimate of drug-likeness (QED) is 0.616. The molecule has 0 amide bonds. The highest BCUT2D eigenvalue weighted by atomic mass is 16.6. The Balaban J connectivity index is 1.98. The number of anilines is 1. The topological polar surface area (TPSA) is 105 Å². The largest absolute Gasteiger partial charge is 0.478 e. The molecule has 0 atom stereocenters. The van der Waals surface area contributed by atoms with Crippen LogP contribution in [0.4, 0.5) is 11.5 Å². The van der Waals surface area contributed by atoms with Gasteiger partial charge >= 0.3 is 5.97 Å². The van der Waals surface area contributed by atoms with Gasteiger partial charge in [-0.15, -0.1) is 0 Å². The molecule has 1 aromatic rings. The molecule has 1 aliphatic rings. The van der Waals surface area contributed by atoms with Gasteiger partial charge in [-0.3, -0.25) is 10.1 Å². The molecule has 2 rings (SSSR count). The number of aromatic carboxylic acids is 1. The van der Waals surface area contributed by atoms with Crippen LogP contribution in [0, 0.1) is 16.0 Å². The van der Waals surface area contributed by atoms with Crippen LogP contribution < -0.4 is 5.32 Å². The van der Waals surface area contributed by atoms with Crippen molar-refractivity contribution in [3.8, 4) is 0 Å². The van der Waals surface area contributed by atoms with Gasteiger partial charge in [-0.1, -0.05) is 32.1 Å². The van der Waals surface area contributed by atoms with Crippen LogP contribution in [-0.2, 0) is 0 Å². The molecule has 0 aromatic carbocycles. The van der Waals surface area contributed by atoms with Crippen molar-refractivity contribution in [2.24, 2.45) is 5.92 Å². The van der Waals surface area contributed by atoms with Crippen molar-refractivity contribution in [1.29, 1.82) is 0 Å². The minimum atomic E-state index is -1.22. The number of aromatic nitrogens is 1. The summed E-state index contributed by atoms with van der Waals surface area (Å²) in [7, 11) is 0. The Kier molecular flexibility index (Phi) is 5.08. The molecule has 0 radical (unpaired) electrons. The first-order valence-corrected chi connectivity index (χ1v) is 7.19. The number of carboxylic acids is 1. The van der Waals surface area contributed by atoms with Crippen molar-refractivity contribution < 1.29 is 14.8 Å². The van der Waals surface area contributed by atoms with Gasteiger partial charge < -0.3 is 10.4 Å². The van der Waals surface area contributed by atoms with Gasteiger partial charge in [0.15, 0.2) is 0 Å². The van der Waals surface area contributed by atoms with Gasteiger partial charge in [-0.25, -0.2) is 9.78 Å². The van der Waals surface area contributed by atoms with E-state index < -0.39 is 10.9 Å². The number of hydrogen-bond donors (Lipinski definition) is 2. The van der Waals surface area contributed by atoms with Crippen LogP contribution in [-0.4, -0.2) is 27.5 Å². The van der Waals surface area contributed by atoms with E-state index in [0.29, 0.717) is 12.5 Å². The minimum absolute atomic E-state index is 0.159. The normalized spacial score (nSPS) is 15.6. The van der Waals surface area contributed by atoms with Gasteiger partial charge in [0.2, 0.25) is 0 Å². The molecule has 0 aliphatic heterocycles. The molecule has 0 bridgehead atoms. The Hall–Kier alpha value is -2.18. The lowest BCUT2D eigenvalue weighted by Gasteiger charge is -2.21. The fourth-order valence-corrected chi connectivity index (χ4v) is 2.73. The molecule has 21 heavy (non-hydrogen) atoms. The van der Waals surface area contributed by atoms with Crippen molar-refractivity contribution in [2.75, 3.05) is 11.9 Å². The highest BCUT2D eigenvalue weighted by Gasteiger charge is 2.18. The Morgan fingerprint density at radius 1 is 1.43 bits per heavy atom. The third kappa shape index (κ3) is 4.14. The highest BCUT2D eigenvalue weighted by molar-refractivity contribution is 5.93. The zero-order valence-corrected chi connectivity index (χ0v) is 11.7. The van der Waals surface area contributed by atoms with Gasteiger partial charge in [0.25, 0.3) is 5.69 Å². The first-order chi connectivity index (χ1) is 10.1. The Labute approximate surface area is 122 Å². The molecule has 1 fully saturated rings. The maximum absolute atomic E-state index is 11.2. The lowest BCUT2D eigenvalue weighted by atomic mass is 9.87. The van der Waals surface area contributed by atoms with Crippen molar-refractivity contribution in [3.63, 3.8) is 0 Å². The van der Waals surface area contributed by atoms with Gasteiger partial charge in [0, 0.05) is 12.6 Å². The molecule has 2 N–H and O–H groups in total. The summed E-state index contributed by atoms with van der Waals surface area (Å²) in [6.45, 7) is 0.635. The summed E-state index contributed by atoms with van der Waals surface area (Å²) in [4.78, 5) is 25.0. The summed E-state index contributed by atoms with van der Waals surface area (Å²) < 4.78 is 0. The average Bonchev–Trinajstić information content (AvgIpc) is 2.48. The van der Waals surface area contributed by atoms with Crippen LogP contribution in [0.5, 0.6) is 0 Å². The van der Waals surface area contributed by atoms with E-state index in [1.54, 1.807) is 0 Å². The van der Waals surface area contributed by atoms with E-state index in [0.717, 1.165) is 18.7 Å². The second kappa shape index (κ2) is 7.01. The molecular formula is C14H19N3O4. The van der Waals surface area contributed by atoms with E-state index >= 15 is 0 Å². The smallest absolute Gasteiger partial charge is 0.339 e. The van der Waals surface area contributed by atoms with Crippen LogP contribution in [0.3, 0.4) is 0 Å². The Bertz CT molecular complexity index is 527. The number of carbonyl (C=O) groups is 1. The standard InChI is InChI=1S/C14H19N3O4/c18-14(19)12-8-11(17(20)21)9-16-13(12)15-7-6-10-4-2-1-3-5-10/h8-10H,1-7H2,(H,15,16)(H,18,19). The monoisotopic (exact) mass is 293 g/mol. The Morgan fingerprint density at radius 3 is 2.76 bits per heavy atom. The number of pyridine rings is 1. The fourth-order valence-electron chi connectivity index (χ4n) is 2.73. The van der Waals surface area contributed by atoms with Crippen molar-refractivity contribution in [3.05, 3.63) is 27.9 Å². The number of carboxylic acid groups (broad SMARTS) is 1. The maximum atomic E-state index is 11.2. The third-order valence-electron chi connectivity index (χ3n) is 3.88. The van der Waals surface area contributed by atoms with Crippen LogP contribution in [0.2, 0.25) is 0 Å². The molecular weight excluding hydrogens is 274 g/mol. The number of nitro groups is 1. The second-order valence-electron chi connectivity index (χ2n) is 5.37. The lowest BCUT2D eigenvalue weighted by Crippen LogP contribution is -2.15. The third-order valence-corrected chi connectivity index (χ3v) is 3.88. The van der Waals surface area contributed by atoms with E-state index in [1.807, 2.05) is 0 Å². The molecule has 1 heterocycles. The molecule has 0 spiro atoms.